The van der Waals surface area contributed by atoms with Crippen molar-refractivity contribution in [1.29, 1.82) is 0 Å². The molecule has 0 aliphatic carbocycles. The van der Waals surface area contributed by atoms with Crippen LogP contribution in [0.5, 0.6) is 0 Å². The molecule has 0 spiro atoms. The number of rotatable bonds is 3. The first-order valence-corrected chi connectivity index (χ1v) is 10.0. The van der Waals surface area contributed by atoms with E-state index in [0.717, 1.165) is 48.1 Å². The molecule has 130 valence electrons. The van der Waals surface area contributed by atoms with Crippen LogP contribution in [0.25, 0.3) is 10.2 Å². The summed E-state index contributed by atoms with van der Waals surface area (Å²) in [5, 5.41) is 4.40. The summed E-state index contributed by atoms with van der Waals surface area (Å²) in [6, 6.07) is 8.13. The Kier molecular flexibility index (Phi) is 4.57. The predicted molar refractivity (Wildman–Crippen MR) is 110 cm³/mol. The van der Waals surface area contributed by atoms with Crippen LogP contribution in [-0.2, 0) is 6.42 Å². The van der Waals surface area contributed by atoms with Crippen molar-refractivity contribution in [3.05, 3.63) is 52.0 Å². The van der Waals surface area contributed by atoms with Crippen LogP contribution in [0.2, 0.25) is 5.02 Å². The van der Waals surface area contributed by atoms with Gasteiger partial charge in [-0.3, -0.25) is 0 Å². The molecule has 3 nitrogen and oxygen atoms in total. The molecule has 0 bridgehead atoms. The molecule has 4 rings (SSSR count). The van der Waals surface area contributed by atoms with Gasteiger partial charge in [-0.25, -0.2) is 4.98 Å². The number of thiophene rings is 1. The Morgan fingerprint density at radius 3 is 2.56 bits per heavy atom. The topological polar surface area (TPSA) is 19.4 Å². The third kappa shape index (κ3) is 2.98. The summed E-state index contributed by atoms with van der Waals surface area (Å²) in [5.41, 5.74) is 5.22. The summed E-state index contributed by atoms with van der Waals surface area (Å²) in [7, 11) is 0. The highest BCUT2D eigenvalue weighted by molar-refractivity contribution is 7.17. The Morgan fingerprint density at radius 2 is 1.84 bits per heavy atom. The van der Waals surface area contributed by atoms with Crippen molar-refractivity contribution in [2.45, 2.75) is 20.3 Å². The molecular weight excluding hydrogens is 350 g/mol. The van der Waals surface area contributed by atoms with E-state index >= 15 is 0 Å². The highest BCUT2D eigenvalue weighted by Gasteiger charge is 2.23. The zero-order valence-electron chi connectivity index (χ0n) is 14.6. The molecule has 0 atom stereocenters. The predicted octanol–water partition coefficient (Wildman–Crippen LogP) is 5.15. The first-order chi connectivity index (χ1) is 12.2. The lowest BCUT2D eigenvalue weighted by molar-refractivity contribution is 0.653. The Morgan fingerprint density at radius 1 is 1.12 bits per heavy atom. The fourth-order valence-electron chi connectivity index (χ4n) is 3.67. The van der Waals surface area contributed by atoms with Crippen LogP contribution in [-0.4, -0.2) is 31.2 Å². The number of hydrogen-bond donors (Lipinski definition) is 0. The lowest BCUT2D eigenvalue weighted by Gasteiger charge is -2.38. The maximum atomic E-state index is 6.38. The van der Waals surface area contributed by atoms with Crippen molar-refractivity contribution in [3.63, 3.8) is 0 Å². The molecule has 0 unspecified atom stereocenters. The molecule has 5 heteroatoms. The molecular formula is C20H22ClN3S. The van der Waals surface area contributed by atoms with E-state index < -0.39 is 0 Å². The number of pyridine rings is 1. The number of para-hydroxylation sites is 1. The van der Waals surface area contributed by atoms with E-state index in [2.05, 4.69) is 52.3 Å². The summed E-state index contributed by atoms with van der Waals surface area (Å²) >= 11 is 8.13. The second kappa shape index (κ2) is 6.85. The summed E-state index contributed by atoms with van der Waals surface area (Å²) in [4.78, 5) is 10.7. The maximum absolute atomic E-state index is 6.38. The third-order valence-corrected chi connectivity index (χ3v) is 6.33. The van der Waals surface area contributed by atoms with Gasteiger partial charge < -0.3 is 9.80 Å². The zero-order valence-corrected chi connectivity index (χ0v) is 16.2. The average Bonchev–Trinajstić information content (AvgIpc) is 3.03. The van der Waals surface area contributed by atoms with Gasteiger partial charge >= 0.3 is 0 Å². The van der Waals surface area contributed by atoms with Gasteiger partial charge in [0.15, 0.2) is 0 Å². The van der Waals surface area contributed by atoms with E-state index in [-0.39, 0.29) is 0 Å². The van der Waals surface area contributed by atoms with Gasteiger partial charge in [0.25, 0.3) is 0 Å². The summed E-state index contributed by atoms with van der Waals surface area (Å²) in [6.07, 6.45) is 3.08. The SMILES string of the molecule is CCc1cnc2scc(C)c2c1N1CCN(c2ccccc2Cl)CC1. The summed E-state index contributed by atoms with van der Waals surface area (Å²) in [5.74, 6) is 0. The quantitative estimate of drug-likeness (QED) is 0.634. The second-order valence-electron chi connectivity index (χ2n) is 6.51. The van der Waals surface area contributed by atoms with Gasteiger partial charge in [0.05, 0.1) is 16.4 Å². The van der Waals surface area contributed by atoms with E-state index in [9.17, 15) is 0 Å². The van der Waals surface area contributed by atoms with Crippen molar-refractivity contribution in [2.24, 2.45) is 0 Å². The third-order valence-electron chi connectivity index (χ3n) is 5.00. The van der Waals surface area contributed by atoms with Crippen LogP contribution in [0, 0.1) is 6.92 Å². The molecule has 2 aromatic heterocycles. The smallest absolute Gasteiger partial charge is 0.125 e. The van der Waals surface area contributed by atoms with Gasteiger partial charge in [0.2, 0.25) is 0 Å². The molecule has 0 N–H and O–H groups in total. The van der Waals surface area contributed by atoms with Crippen LogP contribution in [0.3, 0.4) is 0 Å². The number of aromatic nitrogens is 1. The largest absolute Gasteiger partial charge is 0.367 e. The van der Waals surface area contributed by atoms with E-state index in [1.165, 1.54) is 22.2 Å². The highest BCUT2D eigenvalue weighted by atomic mass is 35.5. The monoisotopic (exact) mass is 371 g/mol. The fraction of sp³-hybridized carbons (Fsp3) is 0.350. The maximum Gasteiger partial charge on any atom is 0.125 e. The van der Waals surface area contributed by atoms with Crippen molar-refractivity contribution in [2.75, 3.05) is 36.0 Å². The highest BCUT2D eigenvalue weighted by Crippen LogP contribution is 2.37. The van der Waals surface area contributed by atoms with Gasteiger partial charge in [-0.2, -0.15) is 0 Å². The molecule has 1 fully saturated rings. The summed E-state index contributed by atoms with van der Waals surface area (Å²) in [6.45, 7) is 8.40. The summed E-state index contributed by atoms with van der Waals surface area (Å²) < 4.78 is 0. The van der Waals surface area contributed by atoms with Crippen molar-refractivity contribution in [1.82, 2.24) is 4.98 Å². The van der Waals surface area contributed by atoms with E-state index in [0.29, 0.717) is 0 Å². The lowest BCUT2D eigenvalue weighted by atomic mass is 10.1. The van der Waals surface area contributed by atoms with Crippen molar-refractivity contribution >= 4 is 44.5 Å². The van der Waals surface area contributed by atoms with Crippen LogP contribution in [0.1, 0.15) is 18.1 Å². The van der Waals surface area contributed by atoms with Crippen molar-refractivity contribution in [3.8, 4) is 0 Å². The van der Waals surface area contributed by atoms with E-state index in [1.54, 1.807) is 11.3 Å². The Balaban J connectivity index is 1.64. The minimum absolute atomic E-state index is 0.838. The fourth-order valence-corrected chi connectivity index (χ4v) is 4.82. The molecule has 1 aliphatic heterocycles. The van der Waals surface area contributed by atoms with Gasteiger partial charge in [-0.1, -0.05) is 30.7 Å². The van der Waals surface area contributed by atoms with Gasteiger partial charge in [-0.15, -0.1) is 11.3 Å². The number of piperazine rings is 1. The molecule has 3 heterocycles. The number of nitrogens with zero attached hydrogens (tertiary/aromatic N) is 3. The number of halogens is 1. The second-order valence-corrected chi connectivity index (χ2v) is 7.78. The Bertz CT molecular complexity index is 897. The van der Waals surface area contributed by atoms with Crippen LogP contribution >= 0.6 is 22.9 Å². The van der Waals surface area contributed by atoms with Gasteiger partial charge in [0.1, 0.15) is 4.83 Å². The molecule has 0 saturated carbocycles. The van der Waals surface area contributed by atoms with E-state index in [4.69, 9.17) is 11.6 Å². The number of fused-ring (bicyclic) bond motifs is 1. The minimum atomic E-state index is 0.838. The lowest BCUT2D eigenvalue weighted by Crippen LogP contribution is -2.47. The van der Waals surface area contributed by atoms with Crippen LogP contribution in [0.4, 0.5) is 11.4 Å². The molecule has 1 aromatic carbocycles. The van der Waals surface area contributed by atoms with E-state index in [1.807, 2.05) is 12.1 Å². The van der Waals surface area contributed by atoms with Crippen LogP contribution in [0.15, 0.2) is 35.8 Å². The number of hydrogen-bond acceptors (Lipinski definition) is 4. The number of benzene rings is 1. The molecule has 1 saturated heterocycles. The Hall–Kier alpha value is -1.78. The normalized spacial score (nSPS) is 15.2. The van der Waals surface area contributed by atoms with Gasteiger partial charge in [-0.05, 0) is 42.0 Å². The molecule has 3 aromatic rings. The van der Waals surface area contributed by atoms with Crippen LogP contribution < -0.4 is 9.80 Å². The first-order valence-electron chi connectivity index (χ1n) is 8.79. The molecule has 0 radical (unpaired) electrons. The zero-order chi connectivity index (χ0) is 17.4. The standard InChI is InChI=1S/C20H22ClN3S/c1-3-15-12-22-20-18(14(2)13-25-20)19(15)24-10-8-23(9-11-24)17-7-5-4-6-16(17)21/h4-7,12-13H,3,8-11H2,1-2H3. The van der Waals surface area contributed by atoms with Gasteiger partial charge in [0, 0.05) is 37.8 Å². The first kappa shape index (κ1) is 16.7. The molecule has 25 heavy (non-hydrogen) atoms. The average molecular weight is 372 g/mol. The number of anilines is 2. The minimum Gasteiger partial charge on any atom is -0.367 e. The molecule has 0 amide bonds. The number of aryl methyl sites for hydroxylation is 2. The van der Waals surface area contributed by atoms with Crippen molar-refractivity contribution < 1.29 is 0 Å². The Labute approximate surface area is 157 Å². The molecule has 1 aliphatic rings.